The zero-order valence-electron chi connectivity index (χ0n) is 17.0. The van der Waals surface area contributed by atoms with E-state index in [4.69, 9.17) is 15.0 Å². The van der Waals surface area contributed by atoms with Crippen molar-refractivity contribution in [2.24, 2.45) is 7.05 Å². The second-order valence-corrected chi connectivity index (χ2v) is 6.62. The molecule has 2 heterocycles. The number of rotatable bonds is 6. The summed E-state index contributed by atoms with van der Waals surface area (Å²) in [6.45, 7) is 2.13. The average Bonchev–Trinajstić information content (AvgIpc) is 3.29. The summed E-state index contributed by atoms with van der Waals surface area (Å²) < 4.78 is 33.0. The number of carbonyl (C=O) groups is 3. The van der Waals surface area contributed by atoms with Crippen LogP contribution in [0.1, 0.15) is 46.6 Å². The van der Waals surface area contributed by atoms with E-state index in [0.29, 0.717) is 5.69 Å². The monoisotopic (exact) mass is 455 g/mol. The summed E-state index contributed by atoms with van der Waals surface area (Å²) in [5.74, 6) is -3.42. The minimum Gasteiger partial charge on any atom is -0.476 e. The smallest absolute Gasteiger partial charge is 0.476 e. The first-order chi connectivity index (χ1) is 14.9. The van der Waals surface area contributed by atoms with Crippen molar-refractivity contribution in [3.8, 4) is 0 Å². The lowest BCUT2D eigenvalue weighted by atomic mass is 10.2. The molecule has 0 aliphatic heterocycles. The Labute approximate surface area is 179 Å². The summed E-state index contributed by atoms with van der Waals surface area (Å²) in [6, 6.07) is 6.65. The van der Waals surface area contributed by atoms with Crippen LogP contribution in [0.25, 0.3) is 11.0 Å². The maximum absolute atomic E-state index is 12.4. The minimum absolute atomic E-state index is 0.169. The van der Waals surface area contributed by atoms with E-state index in [2.05, 4.69) is 27.3 Å². The molecule has 1 aromatic carbocycles. The number of fused-ring (bicyclic) bond motifs is 1. The summed E-state index contributed by atoms with van der Waals surface area (Å²) >= 11 is 0. The molecule has 13 heteroatoms. The van der Waals surface area contributed by atoms with Gasteiger partial charge in [0.15, 0.2) is 5.69 Å². The maximum Gasteiger partial charge on any atom is 0.490 e. The van der Waals surface area contributed by atoms with E-state index < -0.39 is 24.0 Å². The van der Waals surface area contributed by atoms with Crippen molar-refractivity contribution < 1.29 is 37.8 Å². The molecule has 0 aliphatic rings. The highest BCUT2D eigenvalue weighted by atomic mass is 19.4. The Kier molecular flexibility index (Phi) is 7.57. The van der Waals surface area contributed by atoms with Crippen LogP contribution in [0.3, 0.4) is 0 Å². The predicted molar refractivity (Wildman–Crippen MR) is 107 cm³/mol. The number of aromatic nitrogens is 4. The zero-order chi connectivity index (χ0) is 24.1. The van der Waals surface area contributed by atoms with Gasteiger partial charge in [-0.25, -0.2) is 14.6 Å². The van der Waals surface area contributed by atoms with E-state index in [-0.39, 0.29) is 11.4 Å². The molecule has 0 fully saturated rings. The summed E-state index contributed by atoms with van der Waals surface area (Å²) in [6.07, 6.45) is -2.03. The van der Waals surface area contributed by atoms with Crippen LogP contribution in [0.5, 0.6) is 0 Å². The molecule has 0 atom stereocenters. The highest BCUT2D eigenvalue weighted by Gasteiger charge is 2.38. The zero-order valence-corrected chi connectivity index (χ0v) is 17.0. The summed E-state index contributed by atoms with van der Waals surface area (Å²) in [7, 11) is 1.53. The number of nitrogens with zero attached hydrogens (tertiary/aromatic N) is 3. The lowest BCUT2D eigenvalue weighted by Crippen LogP contribution is -2.21. The molecule has 32 heavy (non-hydrogen) atoms. The molecule has 0 saturated carbocycles. The SMILES string of the molecule is CCCCc1nc2ccc(NC(=O)c3cc(C(=O)O)nn3C)cc2[nH]1.O=C(O)C(F)(F)F. The second kappa shape index (κ2) is 9.94. The van der Waals surface area contributed by atoms with Gasteiger partial charge in [-0.05, 0) is 24.6 Å². The number of hydrogen-bond donors (Lipinski definition) is 4. The fourth-order valence-corrected chi connectivity index (χ4v) is 2.58. The average molecular weight is 455 g/mol. The van der Waals surface area contributed by atoms with Crippen LogP contribution < -0.4 is 5.32 Å². The number of aromatic carboxylic acids is 1. The number of halogens is 3. The van der Waals surface area contributed by atoms with Gasteiger partial charge in [-0.2, -0.15) is 18.3 Å². The predicted octanol–water partition coefficient (Wildman–Crippen LogP) is 3.22. The summed E-state index contributed by atoms with van der Waals surface area (Å²) in [5.41, 5.74) is 2.29. The van der Waals surface area contributed by atoms with Gasteiger partial charge in [-0.15, -0.1) is 0 Å². The molecule has 1 amide bonds. The third kappa shape index (κ3) is 6.30. The second-order valence-electron chi connectivity index (χ2n) is 6.62. The molecular formula is C19H20F3N5O5. The number of carbonyl (C=O) groups excluding carboxylic acids is 1. The van der Waals surface area contributed by atoms with Crippen molar-refractivity contribution in [1.82, 2.24) is 19.7 Å². The first-order valence-corrected chi connectivity index (χ1v) is 9.29. The van der Waals surface area contributed by atoms with Crippen LogP contribution >= 0.6 is 0 Å². The number of unbranched alkanes of at least 4 members (excludes halogenated alkanes) is 1. The maximum atomic E-state index is 12.4. The number of anilines is 1. The van der Waals surface area contributed by atoms with Gasteiger partial charge in [0.1, 0.15) is 11.5 Å². The number of nitrogens with one attached hydrogen (secondary N) is 2. The third-order valence-electron chi connectivity index (χ3n) is 4.13. The third-order valence-corrected chi connectivity index (χ3v) is 4.13. The number of aliphatic carboxylic acids is 1. The van der Waals surface area contributed by atoms with Crippen molar-refractivity contribution in [2.75, 3.05) is 5.32 Å². The molecule has 2 aromatic heterocycles. The molecule has 0 saturated heterocycles. The first-order valence-electron chi connectivity index (χ1n) is 9.29. The number of aromatic amines is 1. The Hall–Kier alpha value is -3.90. The first kappa shape index (κ1) is 24.4. The van der Waals surface area contributed by atoms with Gasteiger partial charge < -0.3 is 20.5 Å². The van der Waals surface area contributed by atoms with E-state index in [1.165, 1.54) is 17.8 Å². The van der Waals surface area contributed by atoms with Gasteiger partial charge in [0.2, 0.25) is 0 Å². The molecule has 3 rings (SSSR count). The number of imidazole rings is 1. The number of hydrogen-bond acceptors (Lipinski definition) is 5. The standard InChI is InChI=1S/C17H19N5O3.C2HF3O2/c1-3-4-5-15-19-11-7-6-10(8-12(11)20-15)18-16(23)14-9-13(17(24)25)21-22(14)2;3-2(4,5)1(6)7/h6-9H,3-5H2,1-2H3,(H,18,23)(H,19,20)(H,24,25);(H,6,7). The largest absolute Gasteiger partial charge is 0.490 e. The Bertz CT molecular complexity index is 1140. The number of alkyl halides is 3. The van der Waals surface area contributed by atoms with Crippen LogP contribution in [-0.2, 0) is 18.3 Å². The summed E-state index contributed by atoms with van der Waals surface area (Å²) in [5, 5.41) is 22.6. The van der Waals surface area contributed by atoms with Crippen molar-refractivity contribution >= 4 is 34.6 Å². The molecular weight excluding hydrogens is 435 g/mol. The van der Waals surface area contributed by atoms with Gasteiger partial charge in [0.25, 0.3) is 5.91 Å². The minimum atomic E-state index is -5.08. The van der Waals surface area contributed by atoms with Gasteiger partial charge in [-0.3, -0.25) is 9.48 Å². The number of aryl methyl sites for hydroxylation is 2. The lowest BCUT2D eigenvalue weighted by molar-refractivity contribution is -0.192. The van der Waals surface area contributed by atoms with Crippen LogP contribution in [0, 0.1) is 0 Å². The van der Waals surface area contributed by atoms with Crippen LogP contribution in [0.4, 0.5) is 18.9 Å². The normalized spacial score (nSPS) is 11.0. The number of H-pyrrole nitrogens is 1. The molecule has 3 aromatic rings. The number of amides is 1. The van der Waals surface area contributed by atoms with Crippen LogP contribution in [0.15, 0.2) is 24.3 Å². The van der Waals surface area contributed by atoms with Gasteiger partial charge in [0.05, 0.1) is 11.0 Å². The Balaban J connectivity index is 0.000000451. The van der Waals surface area contributed by atoms with Crippen molar-refractivity contribution in [3.05, 3.63) is 41.5 Å². The molecule has 0 bridgehead atoms. The molecule has 4 N–H and O–H groups in total. The highest BCUT2D eigenvalue weighted by Crippen LogP contribution is 2.19. The van der Waals surface area contributed by atoms with E-state index in [1.54, 1.807) is 6.07 Å². The van der Waals surface area contributed by atoms with E-state index in [0.717, 1.165) is 36.1 Å². The Morgan fingerprint density at radius 3 is 2.38 bits per heavy atom. The summed E-state index contributed by atoms with van der Waals surface area (Å²) in [4.78, 5) is 40.0. The molecule has 0 aliphatic carbocycles. The van der Waals surface area contributed by atoms with Crippen LogP contribution in [-0.4, -0.2) is 54.0 Å². The molecule has 10 nitrogen and oxygen atoms in total. The van der Waals surface area contributed by atoms with Crippen LogP contribution in [0.2, 0.25) is 0 Å². The molecule has 0 radical (unpaired) electrons. The number of benzene rings is 1. The number of carboxylic acid groups (broad SMARTS) is 2. The van der Waals surface area contributed by atoms with Gasteiger partial charge in [0, 0.05) is 25.2 Å². The van der Waals surface area contributed by atoms with E-state index >= 15 is 0 Å². The van der Waals surface area contributed by atoms with E-state index in [1.807, 2.05) is 12.1 Å². The highest BCUT2D eigenvalue weighted by molar-refractivity contribution is 6.05. The van der Waals surface area contributed by atoms with Crippen molar-refractivity contribution in [3.63, 3.8) is 0 Å². The molecule has 0 unspecified atom stereocenters. The fourth-order valence-electron chi connectivity index (χ4n) is 2.58. The van der Waals surface area contributed by atoms with E-state index in [9.17, 15) is 22.8 Å². The number of carboxylic acids is 2. The van der Waals surface area contributed by atoms with Gasteiger partial charge >= 0.3 is 18.1 Å². The van der Waals surface area contributed by atoms with Crippen molar-refractivity contribution in [1.29, 1.82) is 0 Å². The Morgan fingerprint density at radius 1 is 1.19 bits per heavy atom. The quantitative estimate of drug-likeness (QED) is 0.446. The topological polar surface area (TPSA) is 150 Å². The van der Waals surface area contributed by atoms with Crippen molar-refractivity contribution in [2.45, 2.75) is 32.4 Å². The lowest BCUT2D eigenvalue weighted by Gasteiger charge is -2.05. The molecule has 172 valence electrons. The Morgan fingerprint density at radius 2 is 1.84 bits per heavy atom. The van der Waals surface area contributed by atoms with Gasteiger partial charge in [-0.1, -0.05) is 13.3 Å². The fraction of sp³-hybridized carbons (Fsp3) is 0.316. The molecule has 0 spiro atoms.